The number of hydrogen-bond acceptors (Lipinski definition) is 2. The summed E-state index contributed by atoms with van der Waals surface area (Å²) >= 11 is 18.0. The summed E-state index contributed by atoms with van der Waals surface area (Å²) in [6, 6.07) is 0. The van der Waals surface area contributed by atoms with E-state index in [-0.39, 0.29) is 17.8 Å². The van der Waals surface area contributed by atoms with Gasteiger partial charge in [-0.15, -0.1) is 0 Å². The zero-order chi connectivity index (χ0) is 11.9. The van der Waals surface area contributed by atoms with Gasteiger partial charge in [-0.2, -0.15) is 0 Å². The van der Waals surface area contributed by atoms with E-state index in [4.69, 9.17) is 39.5 Å². The number of ether oxygens (including phenoxy) is 1. The van der Waals surface area contributed by atoms with Gasteiger partial charge in [0.15, 0.2) is 3.79 Å². The maximum atomic E-state index is 10.8. The first-order valence-electron chi connectivity index (χ1n) is 5.28. The molecular weight excluding hydrogens is 270 g/mol. The van der Waals surface area contributed by atoms with E-state index in [9.17, 15) is 4.79 Å². The predicted molar refractivity (Wildman–Crippen MR) is 64.6 cm³/mol. The fourth-order valence-electron chi connectivity index (χ4n) is 2.85. The molecule has 0 heterocycles. The summed E-state index contributed by atoms with van der Waals surface area (Å²) in [7, 11) is 0. The van der Waals surface area contributed by atoms with Crippen LogP contribution >= 0.6 is 34.8 Å². The monoisotopic (exact) mass is 282 g/mol. The maximum absolute atomic E-state index is 10.8. The number of rotatable bonds is 2. The third-order valence-electron chi connectivity index (χ3n) is 3.48. The van der Waals surface area contributed by atoms with E-state index in [1.807, 2.05) is 0 Å². The smallest absolute Gasteiger partial charge is 0.302 e. The lowest BCUT2D eigenvalue weighted by atomic mass is 9.84. The molecule has 0 aliphatic heterocycles. The number of allylic oxidation sites excluding steroid dienone is 2. The highest BCUT2D eigenvalue weighted by Gasteiger charge is 2.53. The molecule has 0 radical (unpaired) electrons. The minimum Gasteiger partial charge on any atom is -0.466 e. The summed E-state index contributed by atoms with van der Waals surface area (Å²) < 4.78 is 3.77. The normalized spacial score (nSPS) is 36.8. The highest BCUT2D eigenvalue weighted by molar-refractivity contribution is 6.67. The van der Waals surface area contributed by atoms with Crippen LogP contribution in [0.1, 0.15) is 13.3 Å². The van der Waals surface area contributed by atoms with Crippen LogP contribution in [0, 0.1) is 23.7 Å². The van der Waals surface area contributed by atoms with Gasteiger partial charge in [-0.05, 0) is 18.3 Å². The summed E-state index contributed by atoms with van der Waals surface area (Å²) in [5.74, 6) is 0.483. The molecule has 4 atom stereocenters. The molecule has 0 saturated heterocycles. The first kappa shape index (κ1) is 12.5. The Morgan fingerprint density at radius 3 is 2.56 bits per heavy atom. The number of alkyl halides is 3. The minimum atomic E-state index is -1.28. The Balaban J connectivity index is 2.10. The van der Waals surface area contributed by atoms with Gasteiger partial charge in [0.2, 0.25) is 0 Å². The van der Waals surface area contributed by atoms with Crippen LogP contribution in [0.3, 0.4) is 0 Å². The third kappa shape index (κ3) is 2.34. The Kier molecular flexibility index (Phi) is 3.44. The molecule has 2 aliphatic carbocycles. The van der Waals surface area contributed by atoms with Gasteiger partial charge in [0, 0.05) is 18.8 Å². The molecule has 2 aliphatic rings. The number of hydrogen-bond donors (Lipinski definition) is 0. The van der Waals surface area contributed by atoms with E-state index in [0.717, 1.165) is 6.42 Å². The lowest BCUT2D eigenvalue weighted by Gasteiger charge is -2.32. The molecule has 2 rings (SSSR count). The van der Waals surface area contributed by atoms with E-state index in [1.54, 1.807) is 0 Å². The van der Waals surface area contributed by atoms with Crippen molar-refractivity contribution >= 4 is 40.8 Å². The third-order valence-corrected chi connectivity index (χ3v) is 4.24. The van der Waals surface area contributed by atoms with Crippen molar-refractivity contribution in [3.8, 4) is 0 Å². The van der Waals surface area contributed by atoms with Gasteiger partial charge in [0.05, 0.1) is 6.61 Å². The molecule has 0 N–H and O–H groups in total. The van der Waals surface area contributed by atoms with Gasteiger partial charge >= 0.3 is 5.97 Å². The molecule has 0 aromatic carbocycles. The Labute approximate surface area is 110 Å². The van der Waals surface area contributed by atoms with Crippen LogP contribution < -0.4 is 0 Å². The molecule has 2 bridgehead atoms. The zero-order valence-electron chi connectivity index (χ0n) is 8.83. The standard InChI is InChI=1S/C11H13Cl3O2/c1-6(15)16-5-9-7-2-3-8(4-7)10(9)11(12,13)14/h2-3,7-10H,4-5H2,1H3. The van der Waals surface area contributed by atoms with E-state index >= 15 is 0 Å². The van der Waals surface area contributed by atoms with Crippen LogP contribution in [-0.2, 0) is 9.53 Å². The first-order valence-corrected chi connectivity index (χ1v) is 6.41. The maximum Gasteiger partial charge on any atom is 0.302 e. The largest absolute Gasteiger partial charge is 0.466 e. The molecule has 1 saturated carbocycles. The summed E-state index contributed by atoms with van der Waals surface area (Å²) in [5.41, 5.74) is 0. The van der Waals surface area contributed by atoms with Crippen LogP contribution in [0.4, 0.5) is 0 Å². The molecule has 0 aromatic rings. The molecule has 2 nitrogen and oxygen atoms in total. The summed E-state index contributed by atoms with van der Waals surface area (Å²) in [4.78, 5) is 10.8. The number of halogens is 3. The Hall–Kier alpha value is 0.0800. The highest BCUT2D eigenvalue weighted by atomic mass is 35.6. The quantitative estimate of drug-likeness (QED) is 0.441. The topological polar surface area (TPSA) is 26.3 Å². The van der Waals surface area contributed by atoms with E-state index in [1.165, 1.54) is 6.92 Å². The highest BCUT2D eigenvalue weighted by Crippen LogP contribution is 2.56. The van der Waals surface area contributed by atoms with Crippen LogP contribution in [0.25, 0.3) is 0 Å². The minimum absolute atomic E-state index is 0.0492. The van der Waals surface area contributed by atoms with Gasteiger partial charge in [-0.3, -0.25) is 4.79 Å². The van der Waals surface area contributed by atoms with Crippen molar-refractivity contribution in [2.45, 2.75) is 17.1 Å². The van der Waals surface area contributed by atoms with Crippen molar-refractivity contribution in [3.63, 3.8) is 0 Å². The van der Waals surface area contributed by atoms with Gasteiger partial charge in [0.1, 0.15) is 0 Å². The van der Waals surface area contributed by atoms with Crippen molar-refractivity contribution in [1.29, 1.82) is 0 Å². The summed E-state index contributed by atoms with van der Waals surface area (Å²) in [5, 5.41) is 0. The van der Waals surface area contributed by atoms with Gasteiger partial charge in [0.25, 0.3) is 0 Å². The molecule has 0 aromatic heterocycles. The van der Waals surface area contributed by atoms with Crippen molar-refractivity contribution in [1.82, 2.24) is 0 Å². The molecular formula is C11H13Cl3O2. The Morgan fingerprint density at radius 2 is 2.00 bits per heavy atom. The van der Waals surface area contributed by atoms with E-state index in [2.05, 4.69) is 12.2 Å². The van der Waals surface area contributed by atoms with Crippen molar-refractivity contribution in [3.05, 3.63) is 12.2 Å². The van der Waals surface area contributed by atoms with Crippen molar-refractivity contribution in [2.24, 2.45) is 23.7 Å². The SMILES string of the molecule is CC(=O)OCC1C2C=CC(C2)C1C(Cl)(Cl)Cl. The number of carbonyl (C=O) groups is 1. The molecule has 4 unspecified atom stereocenters. The second kappa shape index (κ2) is 4.40. The molecule has 1 fully saturated rings. The average Bonchev–Trinajstić information content (AvgIpc) is 2.71. The molecule has 0 spiro atoms. The second-order valence-corrected chi connectivity index (χ2v) is 6.85. The van der Waals surface area contributed by atoms with Gasteiger partial charge in [-0.1, -0.05) is 47.0 Å². The predicted octanol–water partition coefficient (Wildman–Crippen LogP) is 3.36. The Morgan fingerprint density at radius 1 is 1.38 bits per heavy atom. The van der Waals surface area contributed by atoms with Crippen LogP contribution in [0.5, 0.6) is 0 Å². The number of esters is 1. The molecule has 90 valence electrons. The Bertz CT molecular complexity index is 322. The second-order valence-electron chi connectivity index (χ2n) is 4.48. The van der Waals surface area contributed by atoms with Crippen molar-refractivity contribution in [2.75, 3.05) is 6.61 Å². The van der Waals surface area contributed by atoms with Crippen LogP contribution in [0.2, 0.25) is 0 Å². The van der Waals surface area contributed by atoms with Gasteiger partial charge < -0.3 is 4.74 Å². The summed E-state index contributed by atoms with van der Waals surface area (Å²) in [6.45, 7) is 1.74. The van der Waals surface area contributed by atoms with Crippen molar-refractivity contribution < 1.29 is 9.53 Å². The molecule has 16 heavy (non-hydrogen) atoms. The molecule has 0 amide bonds. The van der Waals surface area contributed by atoms with E-state index < -0.39 is 3.79 Å². The fourth-order valence-corrected chi connectivity index (χ4v) is 3.82. The molecule has 5 heteroatoms. The number of carbonyl (C=O) groups excluding carboxylic acids is 1. The van der Waals surface area contributed by atoms with E-state index in [0.29, 0.717) is 18.4 Å². The zero-order valence-corrected chi connectivity index (χ0v) is 11.1. The van der Waals surface area contributed by atoms with Crippen LogP contribution in [0.15, 0.2) is 12.2 Å². The fraction of sp³-hybridized carbons (Fsp3) is 0.727. The summed E-state index contributed by atoms with van der Waals surface area (Å²) in [6.07, 6.45) is 5.26. The number of fused-ring (bicyclic) bond motifs is 2. The van der Waals surface area contributed by atoms with Crippen LogP contribution in [-0.4, -0.2) is 16.4 Å². The average molecular weight is 284 g/mol. The lowest BCUT2D eigenvalue weighted by Crippen LogP contribution is -2.34. The first-order chi connectivity index (χ1) is 7.39. The lowest BCUT2D eigenvalue weighted by molar-refractivity contribution is -0.143. The van der Waals surface area contributed by atoms with Gasteiger partial charge in [-0.25, -0.2) is 0 Å².